The van der Waals surface area contributed by atoms with Crippen LogP contribution >= 0.6 is 24.0 Å². The second-order valence-corrected chi connectivity index (χ2v) is 9.31. The van der Waals surface area contributed by atoms with Crippen molar-refractivity contribution in [1.29, 1.82) is 0 Å². The number of pyridine rings is 1. The van der Waals surface area contributed by atoms with E-state index in [2.05, 4.69) is 4.98 Å². The summed E-state index contributed by atoms with van der Waals surface area (Å²) in [7, 11) is -3.62. The average molecular weight is 331 g/mol. The van der Waals surface area contributed by atoms with Crippen molar-refractivity contribution < 1.29 is 8.42 Å². The van der Waals surface area contributed by atoms with Gasteiger partial charge in [0.1, 0.15) is 15.6 Å². The van der Waals surface area contributed by atoms with E-state index in [0.717, 1.165) is 5.75 Å². The minimum atomic E-state index is -3.62. The number of nitrogens with two attached hydrogens (primary N) is 1. The lowest BCUT2D eigenvalue weighted by Crippen LogP contribution is -2.46. The molecule has 5 nitrogen and oxygen atoms in total. The number of rotatable bonds is 3. The van der Waals surface area contributed by atoms with Crippen LogP contribution in [0, 0.1) is 0 Å². The summed E-state index contributed by atoms with van der Waals surface area (Å²) in [4.78, 5) is 4.09. The van der Waals surface area contributed by atoms with E-state index < -0.39 is 10.0 Å². The van der Waals surface area contributed by atoms with E-state index in [0.29, 0.717) is 13.1 Å². The van der Waals surface area contributed by atoms with Gasteiger partial charge in [0, 0.05) is 29.8 Å². The molecule has 2 rings (SSSR count). The molecule has 1 aliphatic heterocycles. The van der Waals surface area contributed by atoms with Gasteiger partial charge in [-0.2, -0.15) is 16.1 Å². The molecule has 1 fully saturated rings. The Labute approximate surface area is 129 Å². The third-order valence-corrected chi connectivity index (χ3v) is 6.38. The SMILES string of the molecule is CC1(C)CN(S(=O)(=O)c2cccnc2C(N)=S)CCS1. The van der Waals surface area contributed by atoms with Crippen LogP contribution in [0.25, 0.3) is 0 Å². The maximum absolute atomic E-state index is 12.8. The van der Waals surface area contributed by atoms with E-state index in [4.69, 9.17) is 18.0 Å². The van der Waals surface area contributed by atoms with Crippen molar-refractivity contribution in [1.82, 2.24) is 9.29 Å². The topological polar surface area (TPSA) is 76.3 Å². The van der Waals surface area contributed by atoms with Gasteiger partial charge in [0.15, 0.2) is 0 Å². The highest BCUT2D eigenvalue weighted by Crippen LogP contribution is 2.32. The fraction of sp³-hybridized carbons (Fsp3) is 0.500. The third kappa shape index (κ3) is 3.13. The Kier molecular flexibility index (Phi) is 4.38. The number of aromatic nitrogens is 1. The van der Waals surface area contributed by atoms with Crippen LogP contribution in [0.3, 0.4) is 0 Å². The summed E-state index contributed by atoms with van der Waals surface area (Å²) in [6.07, 6.45) is 1.49. The zero-order valence-electron chi connectivity index (χ0n) is 11.4. The fourth-order valence-corrected chi connectivity index (χ4v) is 5.40. The smallest absolute Gasteiger partial charge is 0.245 e. The van der Waals surface area contributed by atoms with Crippen molar-refractivity contribution in [2.24, 2.45) is 5.73 Å². The van der Waals surface area contributed by atoms with Crippen molar-refractivity contribution in [3.8, 4) is 0 Å². The lowest BCUT2D eigenvalue weighted by molar-refractivity contribution is 0.387. The molecule has 1 saturated heterocycles. The predicted octanol–water partition coefficient (Wildman–Crippen LogP) is 1.23. The monoisotopic (exact) mass is 331 g/mol. The molecule has 0 radical (unpaired) electrons. The minimum absolute atomic E-state index is 0.00480. The van der Waals surface area contributed by atoms with E-state index in [9.17, 15) is 8.42 Å². The predicted molar refractivity (Wildman–Crippen MR) is 85.4 cm³/mol. The summed E-state index contributed by atoms with van der Waals surface area (Å²) < 4.78 is 26.9. The van der Waals surface area contributed by atoms with Crippen molar-refractivity contribution in [2.45, 2.75) is 23.5 Å². The largest absolute Gasteiger partial charge is 0.388 e. The normalized spacial score (nSPS) is 19.7. The highest BCUT2D eigenvalue weighted by molar-refractivity contribution is 8.00. The van der Waals surface area contributed by atoms with Gasteiger partial charge in [-0.15, -0.1) is 0 Å². The molecule has 1 aromatic heterocycles. The van der Waals surface area contributed by atoms with Crippen LogP contribution in [-0.2, 0) is 10.0 Å². The molecule has 1 aliphatic rings. The summed E-state index contributed by atoms with van der Waals surface area (Å²) in [6, 6.07) is 3.09. The van der Waals surface area contributed by atoms with Crippen LogP contribution in [0.4, 0.5) is 0 Å². The summed E-state index contributed by atoms with van der Waals surface area (Å²) in [5, 5.41) is 0. The van der Waals surface area contributed by atoms with Crippen molar-refractivity contribution >= 4 is 39.0 Å². The maximum Gasteiger partial charge on any atom is 0.245 e. The van der Waals surface area contributed by atoms with Crippen LogP contribution < -0.4 is 5.73 Å². The average Bonchev–Trinajstić information content (AvgIpc) is 2.37. The second kappa shape index (κ2) is 5.59. The van der Waals surface area contributed by atoms with Crippen molar-refractivity contribution in [3.05, 3.63) is 24.0 Å². The molecule has 2 heterocycles. The fourth-order valence-electron chi connectivity index (χ4n) is 2.10. The van der Waals surface area contributed by atoms with Gasteiger partial charge in [-0.05, 0) is 26.0 Å². The van der Waals surface area contributed by atoms with E-state index in [-0.39, 0.29) is 20.3 Å². The minimum Gasteiger partial charge on any atom is -0.388 e. The van der Waals surface area contributed by atoms with E-state index >= 15 is 0 Å². The molecule has 8 heteroatoms. The van der Waals surface area contributed by atoms with Crippen molar-refractivity contribution in [3.63, 3.8) is 0 Å². The van der Waals surface area contributed by atoms with E-state index in [1.807, 2.05) is 13.8 Å². The molecule has 0 atom stereocenters. The Morgan fingerprint density at radius 1 is 1.55 bits per heavy atom. The first-order valence-electron chi connectivity index (χ1n) is 6.13. The van der Waals surface area contributed by atoms with Crippen LogP contribution in [0.5, 0.6) is 0 Å². The molecular weight excluding hydrogens is 314 g/mol. The van der Waals surface area contributed by atoms with Gasteiger partial charge >= 0.3 is 0 Å². The van der Waals surface area contributed by atoms with Gasteiger partial charge < -0.3 is 5.73 Å². The molecule has 0 aromatic carbocycles. The van der Waals surface area contributed by atoms with E-state index in [1.165, 1.54) is 16.6 Å². The Balaban J connectivity index is 2.43. The highest BCUT2D eigenvalue weighted by Gasteiger charge is 2.36. The highest BCUT2D eigenvalue weighted by atomic mass is 32.2. The summed E-state index contributed by atoms with van der Waals surface area (Å²) in [5.41, 5.74) is 5.74. The molecule has 0 bridgehead atoms. The molecule has 20 heavy (non-hydrogen) atoms. The van der Waals surface area contributed by atoms with Crippen LogP contribution in [0.1, 0.15) is 19.5 Å². The Morgan fingerprint density at radius 2 is 2.25 bits per heavy atom. The number of sulfonamides is 1. The number of thiocarbonyl (C=S) groups is 1. The number of hydrogen-bond acceptors (Lipinski definition) is 5. The first kappa shape index (κ1) is 15.7. The molecule has 0 saturated carbocycles. The second-order valence-electron chi connectivity index (χ2n) is 5.16. The summed E-state index contributed by atoms with van der Waals surface area (Å²) in [6.45, 7) is 5.03. The van der Waals surface area contributed by atoms with Crippen LogP contribution in [-0.4, -0.2) is 46.3 Å². The lowest BCUT2D eigenvalue weighted by Gasteiger charge is -2.36. The summed E-state index contributed by atoms with van der Waals surface area (Å²) >= 11 is 6.67. The quantitative estimate of drug-likeness (QED) is 0.840. The number of nitrogens with zero attached hydrogens (tertiary/aromatic N) is 2. The molecule has 2 N–H and O–H groups in total. The standard InChI is InChI=1S/C12H17N3O2S3/c1-12(2)8-15(6-7-19-12)20(16,17)9-4-3-5-14-10(9)11(13)18/h3-5H,6-8H2,1-2H3,(H2,13,18). The van der Waals surface area contributed by atoms with Gasteiger partial charge in [-0.1, -0.05) is 12.2 Å². The van der Waals surface area contributed by atoms with Gasteiger partial charge in [0.25, 0.3) is 0 Å². The van der Waals surface area contributed by atoms with Gasteiger partial charge in [0.2, 0.25) is 10.0 Å². The van der Waals surface area contributed by atoms with Gasteiger partial charge in [0.05, 0.1) is 0 Å². The molecule has 0 spiro atoms. The van der Waals surface area contributed by atoms with Crippen LogP contribution in [0.15, 0.2) is 23.2 Å². The molecule has 110 valence electrons. The van der Waals surface area contributed by atoms with Gasteiger partial charge in [-0.25, -0.2) is 8.42 Å². The summed E-state index contributed by atoms with van der Waals surface area (Å²) in [5.74, 6) is 0.773. The number of thioether (sulfide) groups is 1. The van der Waals surface area contributed by atoms with Gasteiger partial charge in [-0.3, -0.25) is 4.98 Å². The molecule has 0 aliphatic carbocycles. The van der Waals surface area contributed by atoms with Crippen molar-refractivity contribution in [2.75, 3.05) is 18.8 Å². The zero-order chi connectivity index (χ0) is 15.0. The Hall–Kier alpha value is -0.700. The third-order valence-electron chi connectivity index (χ3n) is 3.01. The molecule has 0 unspecified atom stereocenters. The van der Waals surface area contributed by atoms with Crippen LogP contribution in [0.2, 0.25) is 0 Å². The maximum atomic E-state index is 12.8. The lowest BCUT2D eigenvalue weighted by atomic mass is 10.2. The number of hydrogen-bond donors (Lipinski definition) is 1. The molecule has 0 amide bonds. The zero-order valence-corrected chi connectivity index (χ0v) is 13.8. The first-order valence-corrected chi connectivity index (χ1v) is 8.96. The van der Waals surface area contributed by atoms with E-state index in [1.54, 1.807) is 17.8 Å². The first-order chi connectivity index (χ1) is 9.24. The Bertz CT molecular complexity index is 629. The molecular formula is C12H17N3O2S3. The molecule has 1 aromatic rings. The Morgan fingerprint density at radius 3 is 2.85 bits per heavy atom.